The largest absolute Gasteiger partial charge is 0.495 e. The van der Waals surface area contributed by atoms with Crippen molar-refractivity contribution in [2.75, 3.05) is 24.3 Å². The number of nitrogens with one attached hydrogen (secondary N) is 2. The number of anilines is 2. The average Bonchev–Trinajstić information content (AvgIpc) is 2.75. The maximum absolute atomic E-state index is 12.9. The van der Waals surface area contributed by atoms with E-state index in [9.17, 15) is 13.2 Å². The monoisotopic (exact) mass is 446 g/mol. The lowest BCUT2D eigenvalue weighted by Gasteiger charge is -2.15. The lowest BCUT2D eigenvalue weighted by Crippen LogP contribution is -2.19. The van der Waals surface area contributed by atoms with Gasteiger partial charge in [-0.25, -0.2) is 8.42 Å². The lowest BCUT2D eigenvalue weighted by molar-refractivity contribution is 0.102. The predicted octanol–water partition coefficient (Wildman–Crippen LogP) is 4.41. The summed E-state index contributed by atoms with van der Waals surface area (Å²) in [5, 5.41) is 3.03. The quantitative estimate of drug-likeness (QED) is 0.560. The molecule has 0 saturated carbocycles. The van der Waals surface area contributed by atoms with Gasteiger partial charge in [-0.2, -0.15) is 0 Å². The number of hydrogen-bond donors (Lipinski definition) is 2. The molecule has 3 aromatic rings. The standard InChI is InChI=1S/C21H19ClN2O5S/c1-28-19-13-18(20(29-2)12-16(19)22)23-21(25)15-10-6-7-11-17(15)24-30(26,27)14-8-4-3-5-9-14/h3-13,24H,1-2H3,(H,23,25). The summed E-state index contributed by atoms with van der Waals surface area (Å²) in [6.07, 6.45) is 0. The van der Waals surface area contributed by atoms with Crippen molar-refractivity contribution in [3.63, 3.8) is 0 Å². The summed E-state index contributed by atoms with van der Waals surface area (Å²) in [6.45, 7) is 0. The number of benzene rings is 3. The van der Waals surface area contributed by atoms with Gasteiger partial charge in [-0.1, -0.05) is 41.9 Å². The molecule has 0 fully saturated rings. The second-order valence-electron chi connectivity index (χ2n) is 6.11. The first-order valence-electron chi connectivity index (χ1n) is 8.75. The number of ether oxygens (including phenoxy) is 2. The molecular weight excluding hydrogens is 428 g/mol. The van der Waals surface area contributed by atoms with Crippen molar-refractivity contribution < 1.29 is 22.7 Å². The summed E-state index contributed by atoms with van der Waals surface area (Å²) in [7, 11) is -0.972. The van der Waals surface area contributed by atoms with Crippen molar-refractivity contribution in [2.45, 2.75) is 4.90 Å². The number of sulfonamides is 1. The molecule has 9 heteroatoms. The zero-order valence-corrected chi connectivity index (χ0v) is 17.8. The fourth-order valence-corrected chi connectivity index (χ4v) is 4.05. The first-order valence-corrected chi connectivity index (χ1v) is 10.6. The Kier molecular flexibility index (Phi) is 6.49. The summed E-state index contributed by atoms with van der Waals surface area (Å²) in [5.41, 5.74) is 0.594. The Morgan fingerprint density at radius 1 is 0.867 bits per heavy atom. The molecular formula is C21H19ClN2O5S. The van der Waals surface area contributed by atoms with Gasteiger partial charge in [0.15, 0.2) is 0 Å². The third kappa shape index (κ3) is 4.67. The van der Waals surface area contributed by atoms with Crippen molar-refractivity contribution in [1.82, 2.24) is 0 Å². The van der Waals surface area contributed by atoms with Gasteiger partial charge in [-0.05, 0) is 24.3 Å². The second-order valence-corrected chi connectivity index (χ2v) is 8.19. The predicted molar refractivity (Wildman–Crippen MR) is 116 cm³/mol. The number of carbonyl (C=O) groups excluding carboxylic acids is 1. The molecule has 156 valence electrons. The Morgan fingerprint density at radius 2 is 1.50 bits per heavy atom. The Labute approximate surface area is 179 Å². The first-order chi connectivity index (χ1) is 14.4. The number of para-hydroxylation sites is 1. The molecule has 0 bridgehead atoms. The Hall–Kier alpha value is -3.23. The van der Waals surface area contributed by atoms with E-state index in [2.05, 4.69) is 10.0 Å². The van der Waals surface area contributed by atoms with E-state index in [1.807, 2.05) is 0 Å². The van der Waals surface area contributed by atoms with Crippen molar-refractivity contribution in [3.05, 3.63) is 77.3 Å². The highest BCUT2D eigenvalue weighted by atomic mass is 35.5. The molecule has 0 saturated heterocycles. The van der Waals surface area contributed by atoms with Crippen LogP contribution >= 0.6 is 11.6 Å². The maximum Gasteiger partial charge on any atom is 0.261 e. The maximum atomic E-state index is 12.9. The first kappa shape index (κ1) is 21.5. The third-order valence-electron chi connectivity index (χ3n) is 4.19. The Balaban J connectivity index is 1.92. The van der Waals surface area contributed by atoms with Crippen molar-refractivity contribution in [1.29, 1.82) is 0 Å². The van der Waals surface area contributed by atoms with Crippen LogP contribution in [-0.4, -0.2) is 28.5 Å². The average molecular weight is 447 g/mol. The van der Waals surface area contributed by atoms with Gasteiger partial charge in [0.25, 0.3) is 15.9 Å². The highest BCUT2D eigenvalue weighted by molar-refractivity contribution is 7.92. The van der Waals surface area contributed by atoms with E-state index in [-0.39, 0.29) is 16.1 Å². The summed E-state index contributed by atoms with van der Waals surface area (Å²) in [6, 6.07) is 17.2. The topological polar surface area (TPSA) is 93.7 Å². The molecule has 2 N–H and O–H groups in total. The van der Waals surface area contributed by atoms with Crippen LogP contribution in [0.15, 0.2) is 71.6 Å². The zero-order valence-electron chi connectivity index (χ0n) is 16.2. The molecule has 30 heavy (non-hydrogen) atoms. The van der Waals surface area contributed by atoms with Gasteiger partial charge in [0.1, 0.15) is 11.5 Å². The van der Waals surface area contributed by atoms with Crippen molar-refractivity contribution in [3.8, 4) is 11.5 Å². The molecule has 7 nitrogen and oxygen atoms in total. The zero-order chi connectivity index (χ0) is 21.7. The van der Waals surface area contributed by atoms with E-state index in [0.29, 0.717) is 22.2 Å². The Bertz CT molecular complexity index is 1170. The highest BCUT2D eigenvalue weighted by Crippen LogP contribution is 2.36. The normalized spacial score (nSPS) is 10.9. The van der Waals surface area contributed by atoms with Crippen LogP contribution in [0.25, 0.3) is 0 Å². The van der Waals surface area contributed by atoms with Gasteiger partial charge in [-0.15, -0.1) is 0 Å². The number of amides is 1. The van der Waals surface area contributed by atoms with Gasteiger partial charge in [-0.3, -0.25) is 9.52 Å². The van der Waals surface area contributed by atoms with Gasteiger partial charge in [0, 0.05) is 12.1 Å². The van der Waals surface area contributed by atoms with E-state index in [1.165, 1.54) is 50.6 Å². The van der Waals surface area contributed by atoms with E-state index in [4.69, 9.17) is 21.1 Å². The molecule has 0 radical (unpaired) electrons. The molecule has 3 rings (SSSR count). The molecule has 0 heterocycles. The second kappa shape index (κ2) is 9.06. The summed E-state index contributed by atoms with van der Waals surface area (Å²) >= 11 is 6.10. The minimum atomic E-state index is -3.86. The minimum Gasteiger partial charge on any atom is -0.495 e. The molecule has 0 aliphatic carbocycles. The molecule has 1 amide bonds. The number of halogens is 1. The van der Waals surface area contributed by atoms with Crippen LogP contribution < -0.4 is 19.5 Å². The van der Waals surface area contributed by atoms with E-state index >= 15 is 0 Å². The summed E-state index contributed by atoms with van der Waals surface area (Å²) in [4.78, 5) is 13.0. The number of hydrogen-bond acceptors (Lipinski definition) is 5. The fraction of sp³-hybridized carbons (Fsp3) is 0.0952. The van der Waals surface area contributed by atoms with E-state index in [0.717, 1.165) is 0 Å². The minimum absolute atomic E-state index is 0.0873. The molecule has 3 aromatic carbocycles. The highest BCUT2D eigenvalue weighted by Gasteiger charge is 2.20. The van der Waals surface area contributed by atoms with E-state index < -0.39 is 15.9 Å². The molecule has 0 aliphatic heterocycles. The molecule has 0 atom stereocenters. The Morgan fingerprint density at radius 3 is 2.17 bits per heavy atom. The lowest BCUT2D eigenvalue weighted by atomic mass is 10.1. The molecule has 0 unspecified atom stereocenters. The SMILES string of the molecule is COc1cc(NC(=O)c2ccccc2NS(=O)(=O)c2ccccc2)c(OC)cc1Cl. The van der Waals surface area contributed by atoms with E-state index in [1.54, 1.807) is 30.3 Å². The molecule has 0 spiro atoms. The summed E-state index contributed by atoms with van der Waals surface area (Å²) in [5.74, 6) is 0.145. The van der Waals surface area contributed by atoms with Gasteiger partial charge in [0.05, 0.1) is 41.1 Å². The van der Waals surface area contributed by atoms with Gasteiger partial charge in [0.2, 0.25) is 0 Å². The number of rotatable bonds is 7. The summed E-state index contributed by atoms with van der Waals surface area (Å²) < 4.78 is 38.2. The van der Waals surface area contributed by atoms with Crippen LogP contribution in [0.1, 0.15) is 10.4 Å². The van der Waals surface area contributed by atoms with Crippen molar-refractivity contribution >= 4 is 38.9 Å². The van der Waals surface area contributed by atoms with Crippen LogP contribution in [0.2, 0.25) is 5.02 Å². The van der Waals surface area contributed by atoms with Crippen LogP contribution in [0.3, 0.4) is 0 Å². The van der Waals surface area contributed by atoms with Gasteiger partial charge >= 0.3 is 0 Å². The number of carbonyl (C=O) groups is 1. The fourth-order valence-electron chi connectivity index (χ4n) is 2.72. The third-order valence-corrected chi connectivity index (χ3v) is 5.87. The van der Waals surface area contributed by atoms with Gasteiger partial charge < -0.3 is 14.8 Å². The van der Waals surface area contributed by atoms with Crippen molar-refractivity contribution in [2.24, 2.45) is 0 Å². The molecule has 0 aliphatic rings. The van der Waals surface area contributed by atoms with Crippen LogP contribution in [-0.2, 0) is 10.0 Å². The van der Waals surface area contributed by atoms with Crippen LogP contribution in [0.4, 0.5) is 11.4 Å². The molecule has 0 aromatic heterocycles. The van der Waals surface area contributed by atoms with Crippen LogP contribution in [0.5, 0.6) is 11.5 Å². The smallest absolute Gasteiger partial charge is 0.261 e. The number of methoxy groups -OCH3 is 2. The van der Waals surface area contributed by atoms with Crippen LogP contribution in [0, 0.1) is 0 Å².